The van der Waals surface area contributed by atoms with Gasteiger partial charge < -0.3 is 0 Å². The zero-order chi connectivity index (χ0) is 13.1. The summed E-state index contributed by atoms with van der Waals surface area (Å²) in [7, 11) is 0. The maximum absolute atomic E-state index is 4.52. The molecule has 0 unspecified atom stereocenters. The first-order valence-electron chi connectivity index (χ1n) is 6.28. The van der Waals surface area contributed by atoms with Gasteiger partial charge in [-0.1, -0.05) is 36.4 Å². The van der Waals surface area contributed by atoms with Crippen LogP contribution in [0.25, 0.3) is 22.5 Å². The van der Waals surface area contributed by atoms with Crippen molar-refractivity contribution in [3.05, 3.63) is 72.6 Å². The molecule has 0 aliphatic carbocycles. The molecule has 0 bridgehead atoms. The maximum atomic E-state index is 4.52. The highest BCUT2D eigenvalue weighted by molar-refractivity contribution is 5.81. The number of pyridine rings is 2. The standard InChI is InChI=1S/C17H14N2/c1-13-10-12-19-17(15-9-5-6-11-18-15)16(13)14-7-3-2-4-8-14/h2-12H,1H3. The molecule has 19 heavy (non-hydrogen) atoms. The summed E-state index contributed by atoms with van der Waals surface area (Å²) in [6.45, 7) is 2.11. The fourth-order valence-electron chi connectivity index (χ4n) is 2.22. The summed E-state index contributed by atoms with van der Waals surface area (Å²) in [5, 5.41) is 0. The number of hydrogen-bond donors (Lipinski definition) is 0. The Morgan fingerprint density at radius 3 is 2.26 bits per heavy atom. The van der Waals surface area contributed by atoms with Crippen molar-refractivity contribution in [2.24, 2.45) is 0 Å². The molecule has 0 N–H and O–H groups in total. The molecule has 2 aromatic heterocycles. The van der Waals surface area contributed by atoms with Gasteiger partial charge >= 0.3 is 0 Å². The maximum Gasteiger partial charge on any atom is 0.0967 e. The third kappa shape index (κ3) is 2.25. The molecule has 1 aromatic carbocycles. The predicted octanol–water partition coefficient (Wildman–Crippen LogP) is 4.12. The van der Waals surface area contributed by atoms with Gasteiger partial charge in [-0.15, -0.1) is 0 Å². The second-order valence-electron chi connectivity index (χ2n) is 4.43. The fraction of sp³-hybridized carbons (Fsp3) is 0.0588. The van der Waals surface area contributed by atoms with Crippen LogP contribution in [0.2, 0.25) is 0 Å². The summed E-state index contributed by atoms with van der Waals surface area (Å²) in [4.78, 5) is 8.94. The number of benzene rings is 1. The number of nitrogens with zero attached hydrogens (tertiary/aromatic N) is 2. The molecule has 0 spiro atoms. The van der Waals surface area contributed by atoms with E-state index >= 15 is 0 Å². The fourth-order valence-corrected chi connectivity index (χ4v) is 2.22. The first-order valence-corrected chi connectivity index (χ1v) is 6.28. The quantitative estimate of drug-likeness (QED) is 0.679. The Hall–Kier alpha value is -2.48. The van der Waals surface area contributed by atoms with Gasteiger partial charge in [-0.25, -0.2) is 0 Å². The van der Waals surface area contributed by atoms with Crippen LogP contribution in [-0.2, 0) is 0 Å². The van der Waals surface area contributed by atoms with Crippen molar-refractivity contribution in [3.63, 3.8) is 0 Å². The molecular weight excluding hydrogens is 232 g/mol. The van der Waals surface area contributed by atoms with Crippen molar-refractivity contribution in [1.82, 2.24) is 9.97 Å². The minimum atomic E-state index is 0.907. The Kier molecular flexibility index (Phi) is 3.07. The molecule has 0 atom stereocenters. The molecule has 0 radical (unpaired) electrons. The van der Waals surface area contributed by atoms with Gasteiger partial charge in [0.05, 0.1) is 11.4 Å². The molecule has 3 aromatic rings. The lowest BCUT2D eigenvalue weighted by atomic mass is 9.97. The minimum Gasteiger partial charge on any atom is -0.255 e. The highest BCUT2D eigenvalue weighted by Crippen LogP contribution is 2.31. The zero-order valence-corrected chi connectivity index (χ0v) is 10.7. The van der Waals surface area contributed by atoms with Crippen molar-refractivity contribution in [2.45, 2.75) is 6.92 Å². The Balaban J connectivity index is 2.25. The normalized spacial score (nSPS) is 10.4. The molecule has 0 fully saturated rings. The van der Waals surface area contributed by atoms with Gasteiger partial charge in [-0.05, 0) is 36.2 Å². The van der Waals surface area contributed by atoms with Crippen LogP contribution < -0.4 is 0 Å². The molecule has 0 aliphatic rings. The SMILES string of the molecule is Cc1ccnc(-c2ccccn2)c1-c1ccccc1. The Morgan fingerprint density at radius 1 is 0.737 bits per heavy atom. The van der Waals surface area contributed by atoms with Crippen LogP contribution in [-0.4, -0.2) is 9.97 Å². The summed E-state index contributed by atoms with van der Waals surface area (Å²) in [5.74, 6) is 0. The van der Waals surface area contributed by atoms with Crippen molar-refractivity contribution in [2.75, 3.05) is 0 Å². The van der Waals surface area contributed by atoms with E-state index in [0.29, 0.717) is 0 Å². The van der Waals surface area contributed by atoms with Crippen molar-refractivity contribution >= 4 is 0 Å². The molecule has 2 nitrogen and oxygen atoms in total. The second-order valence-corrected chi connectivity index (χ2v) is 4.43. The lowest BCUT2D eigenvalue weighted by Crippen LogP contribution is -1.93. The topological polar surface area (TPSA) is 25.8 Å². The minimum absolute atomic E-state index is 0.907. The van der Waals surface area contributed by atoms with Crippen LogP contribution in [0.3, 0.4) is 0 Å². The summed E-state index contributed by atoms with van der Waals surface area (Å²) in [5.41, 5.74) is 5.38. The monoisotopic (exact) mass is 246 g/mol. The first-order chi connectivity index (χ1) is 9.36. The number of aryl methyl sites for hydroxylation is 1. The van der Waals surface area contributed by atoms with Crippen LogP contribution >= 0.6 is 0 Å². The van der Waals surface area contributed by atoms with Crippen molar-refractivity contribution < 1.29 is 0 Å². The van der Waals surface area contributed by atoms with Gasteiger partial charge in [0.1, 0.15) is 0 Å². The molecule has 0 amide bonds. The number of hydrogen-bond acceptors (Lipinski definition) is 2. The summed E-state index contributed by atoms with van der Waals surface area (Å²) in [6, 6.07) is 18.3. The second kappa shape index (κ2) is 5.02. The molecule has 2 heteroatoms. The van der Waals surface area contributed by atoms with Gasteiger partial charge in [0, 0.05) is 18.0 Å². The van der Waals surface area contributed by atoms with Crippen molar-refractivity contribution in [3.8, 4) is 22.5 Å². The highest BCUT2D eigenvalue weighted by Gasteiger charge is 2.11. The largest absolute Gasteiger partial charge is 0.255 e. The van der Waals surface area contributed by atoms with Crippen LogP contribution in [0.4, 0.5) is 0 Å². The summed E-state index contributed by atoms with van der Waals surface area (Å²) in [6.07, 6.45) is 3.64. The lowest BCUT2D eigenvalue weighted by Gasteiger charge is -2.11. The van der Waals surface area contributed by atoms with E-state index in [9.17, 15) is 0 Å². The van der Waals surface area contributed by atoms with Crippen LogP contribution in [0.15, 0.2) is 67.0 Å². The average Bonchev–Trinajstić information content (AvgIpc) is 2.49. The average molecular weight is 246 g/mol. The van der Waals surface area contributed by atoms with Crippen LogP contribution in [0.1, 0.15) is 5.56 Å². The third-order valence-corrected chi connectivity index (χ3v) is 3.13. The lowest BCUT2D eigenvalue weighted by molar-refractivity contribution is 1.23. The molecule has 92 valence electrons. The van der Waals surface area contributed by atoms with E-state index in [0.717, 1.165) is 17.0 Å². The number of aromatic nitrogens is 2. The molecule has 3 rings (SSSR count). The van der Waals surface area contributed by atoms with Gasteiger partial charge in [0.15, 0.2) is 0 Å². The third-order valence-electron chi connectivity index (χ3n) is 3.13. The molecular formula is C17H14N2. The first kappa shape index (κ1) is 11.6. The van der Waals surface area contributed by atoms with Gasteiger partial charge in [0.2, 0.25) is 0 Å². The van der Waals surface area contributed by atoms with E-state index < -0.39 is 0 Å². The zero-order valence-electron chi connectivity index (χ0n) is 10.7. The summed E-state index contributed by atoms with van der Waals surface area (Å²) >= 11 is 0. The van der Waals surface area contributed by atoms with E-state index in [-0.39, 0.29) is 0 Å². The molecule has 2 heterocycles. The number of rotatable bonds is 2. The predicted molar refractivity (Wildman–Crippen MR) is 77.6 cm³/mol. The molecule has 0 saturated carbocycles. The smallest absolute Gasteiger partial charge is 0.0967 e. The Bertz CT molecular complexity index is 676. The Labute approximate surface area is 112 Å². The van der Waals surface area contributed by atoms with Crippen LogP contribution in [0, 0.1) is 6.92 Å². The highest BCUT2D eigenvalue weighted by atomic mass is 14.8. The van der Waals surface area contributed by atoms with E-state index in [1.165, 1.54) is 11.1 Å². The molecule has 0 saturated heterocycles. The van der Waals surface area contributed by atoms with E-state index in [1.54, 1.807) is 6.20 Å². The van der Waals surface area contributed by atoms with Crippen LogP contribution in [0.5, 0.6) is 0 Å². The van der Waals surface area contributed by atoms with E-state index in [4.69, 9.17) is 0 Å². The van der Waals surface area contributed by atoms with Crippen molar-refractivity contribution in [1.29, 1.82) is 0 Å². The van der Waals surface area contributed by atoms with E-state index in [2.05, 4.69) is 29.0 Å². The van der Waals surface area contributed by atoms with Gasteiger partial charge in [0.25, 0.3) is 0 Å². The van der Waals surface area contributed by atoms with E-state index in [1.807, 2.05) is 48.7 Å². The molecule has 0 aliphatic heterocycles. The summed E-state index contributed by atoms with van der Waals surface area (Å²) < 4.78 is 0. The Morgan fingerprint density at radius 2 is 1.53 bits per heavy atom. The van der Waals surface area contributed by atoms with Gasteiger partial charge in [-0.2, -0.15) is 0 Å². The van der Waals surface area contributed by atoms with Gasteiger partial charge in [-0.3, -0.25) is 9.97 Å².